The van der Waals surface area contributed by atoms with Crippen molar-refractivity contribution in [2.45, 2.75) is 39.5 Å². The van der Waals surface area contributed by atoms with Crippen LogP contribution < -0.4 is 5.43 Å². The Hall–Kier alpha value is -1.57. The third kappa shape index (κ3) is 2.41. The smallest absolute Gasteiger partial charge is 0.196 e. The molecular weight excluding hydrogens is 212 g/mol. The minimum Gasteiger partial charge on any atom is -0.461 e. The highest BCUT2D eigenvalue weighted by Gasteiger charge is 2.10. The fourth-order valence-corrected chi connectivity index (χ4v) is 2.13. The summed E-state index contributed by atoms with van der Waals surface area (Å²) in [5.74, 6) is 0.768. The maximum absolute atomic E-state index is 12.3. The van der Waals surface area contributed by atoms with Gasteiger partial charge in [0.2, 0.25) is 0 Å². The van der Waals surface area contributed by atoms with Gasteiger partial charge in [-0.1, -0.05) is 31.9 Å². The zero-order valence-electron chi connectivity index (χ0n) is 10.5. The zero-order valence-corrected chi connectivity index (χ0v) is 10.5. The van der Waals surface area contributed by atoms with Crippen LogP contribution in [0.25, 0.3) is 11.0 Å². The Kier molecular flexibility index (Phi) is 3.62. The molecule has 0 unspecified atom stereocenters. The molecule has 2 aromatic rings. The Labute approximate surface area is 101 Å². The molecule has 0 radical (unpaired) electrons. The van der Waals surface area contributed by atoms with Crippen molar-refractivity contribution in [2.24, 2.45) is 0 Å². The van der Waals surface area contributed by atoms with E-state index in [2.05, 4.69) is 6.92 Å². The van der Waals surface area contributed by atoms with Crippen molar-refractivity contribution in [1.82, 2.24) is 0 Å². The van der Waals surface area contributed by atoms with Crippen LogP contribution in [0.15, 0.2) is 33.5 Å². The average Bonchev–Trinajstić information content (AvgIpc) is 2.33. The van der Waals surface area contributed by atoms with Gasteiger partial charge in [-0.25, -0.2) is 0 Å². The van der Waals surface area contributed by atoms with Crippen molar-refractivity contribution in [3.8, 4) is 0 Å². The molecule has 0 saturated heterocycles. The quantitative estimate of drug-likeness (QED) is 0.747. The van der Waals surface area contributed by atoms with Gasteiger partial charge in [0.05, 0.1) is 5.39 Å². The molecule has 2 heteroatoms. The average molecular weight is 230 g/mol. The van der Waals surface area contributed by atoms with Gasteiger partial charge in [-0.15, -0.1) is 0 Å². The van der Waals surface area contributed by atoms with Gasteiger partial charge in [0, 0.05) is 5.56 Å². The van der Waals surface area contributed by atoms with Gasteiger partial charge >= 0.3 is 0 Å². The molecule has 0 saturated carbocycles. The van der Waals surface area contributed by atoms with Crippen LogP contribution in [0, 0.1) is 6.92 Å². The molecule has 0 fully saturated rings. The van der Waals surface area contributed by atoms with Crippen LogP contribution in [0.1, 0.15) is 37.5 Å². The largest absolute Gasteiger partial charge is 0.461 e. The van der Waals surface area contributed by atoms with E-state index in [-0.39, 0.29) is 5.43 Å². The van der Waals surface area contributed by atoms with E-state index in [1.165, 1.54) is 0 Å². The van der Waals surface area contributed by atoms with Crippen LogP contribution in [-0.2, 0) is 6.42 Å². The second-order valence-electron chi connectivity index (χ2n) is 4.42. The standard InChI is InChI=1S/C15H18O2/c1-3-4-5-8-12-11(2)17-14-10-7-6-9-13(14)15(12)16/h6-7,9-10H,3-5,8H2,1-2H3. The first-order valence-corrected chi connectivity index (χ1v) is 6.25. The van der Waals surface area contributed by atoms with Crippen molar-refractivity contribution < 1.29 is 4.42 Å². The topological polar surface area (TPSA) is 30.2 Å². The molecule has 0 amide bonds. The summed E-state index contributed by atoms with van der Waals surface area (Å²) in [7, 11) is 0. The number of hydrogen-bond acceptors (Lipinski definition) is 2. The normalized spacial score (nSPS) is 10.9. The molecule has 0 spiro atoms. The summed E-state index contributed by atoms with van der Waals surface area (Å²) >= 11 is 0. The van der Waals surface area contributed by atoms with Gasteiger partial charge in [0.25, 0.3) is 0 Å². The van der Waals surface area contributed by atoms with E-state index in [0.29, 0.717) is 11.0 Å². The highest BCUT2D eigenvalue weighted by atomic mass is 16.3. The van der Waals surface area contributed by atoms with Crippen LogP contribution in [0.4, 0.5) is 0 Å². The monoisotopic (exact) mass is 230 g/mol. The van der Waals surface area contributed by atoms with E-state index in [1.54, 1.807) is 0 Å². The molecule has 0 bridgehead atoms. The Balaban J connectivity index is 2.45. The first-order chi connectivity index (χ1) is 8.24. The lowest BCUT2D eigenvalue weighted by Gasteiger charge is -2.06. The minimum absolute atomic E-state index is 0.139. The third-order valence-corrected chi connectivity index (χ3v) is 3.12. The highest BCUT2D eigenvalue weighted by Crippen LogP contribution is 2.16. The molecule has 0 aliphatic rings. The molecule has 0 atom stereocenters. The van der Waals surface area contributed by atoms with Crippen molar-refractivity contribution in [3.63, 3.8) is 0 Å². The summed E-state index contributed by atoms with van der Waals surface area (Å²) in [6.07, 6.45) is 4.21. The molecule has 1 heterocycles. The predicted molar refractivity (Wildman–Crippen MR) is 70.5 cm³/mol. The number of para-hydroxylation sites is 1. The maximum Gasteiger partial charge on any atom is 0.196 e. The minimum atomic E-state index is 0.139. The highest BCUT2D eigenvalue weighted by molar-refractivity contribution is 5.77. The molecule has 0 aliphatic carbocycles. The maximum atomic E-state index is 12.3. The second kappa shape index (κ2) is 5.17. The lowest BCUT2D eigenvalue weighted by Crippen LogP contribution is -2.11. The summed E-state index contributed by atoms with van der Waals surface area (Å²) in [6.45, 7) is 4.05. The molecule has 1 aromatic carbocycles. The fourth-order valence-electron chi connectivity index (χ4n) is 2.13. The van der Waals surface area contributed by atoms with E-state index in [4.69, 9.17) is 4.42 Å². The molecule has 1 aromatic heterocycles. The van der Waals surface area contributed by atoms with E-state index >= 15 is 0 Å². The molecule has 0 aliphatic heterocycles. The van der Waals surface area contributed by atoms with Crippen LogP contribution in [0.3, 0.4) is 0 Å². The van der Waals surface area contributed by atoms with Crippen molar-refractivity contribution in [1.29, 1.82) is 0 Å². The van der Waals surface area contributed by atoms with Crippen LogP contribution >= 0.6 is 0 Å². The Morgan fingerprint density at radius 3 is 2.71 bits per heavy atom. The third-order valence-electron chi connectivity index (χ3n) is 3.12. The first-order valence-electron chi connectivity index (χ1n) is 6.25. The van der Waals surface area contributed by atoms with Crippen molar-refractivity contribution >= 4 is 11.0 Å². The van der Waals surface area contributed by atoms with E-state index in [9.17, 15) is 4.79 Å². The van der Waals surface area contributed by atoms with Gasteiger partial charge in [0.1, 0.15) is 11.3 Å². The Morgan fingerprint density at radius 2 is 1.94 bits per heavy atom. The molecule has 2 rings (SSSR count). The van der Waals surface area contributed by atoms with Gasteiger partial charge in [-0.2, -0.15) is 0 Å². The summed E-state index contributed by atoms with van der Waals surface area (Å²) < 4.78 is 5.70. The van der Waals surface area contributed by atoms with E-state index in [1.807, 2.05) is 31.2 Å². The van der Waals surface area contributed by atoms with Crippen molar-refractivity contribution in [2.75, 3.05) is 0 Å². The molecule has 90 valence electrons. The van der Waals surface area contributed by atoms with Gasteiger partial charge in [-0.05, 0) is 31.9 Å². The summed E-state index contributed by atoms with van der Waals surface area (Å²) in [6, 6.07) is 7.45. The molecule has 2 nitrogen and oxygen atoms in total. The summed E-state index contributed by atoms with van der Waals surface area (Å²) in [5, 5.41) is 0.699. The van der Waals surface area contributed by atoms with Gasteiger partial charge in [-0.3, -0.25) is 4.79 Å². The zero-order chi connectivity index (χ0) is 12.3. The molecule has 0 N–H and O–H groups in total. The fraction of sp³-hybridized carbons (Fsp3) is 0.400. The Morgan fingerprint density at radius 1 is 1.18 bits per heavy atom. The lowest BCUT2D eigenvalue weighted by molar-refractivity contribution is 0.549. The number of aryl methyl sites for hydroxylation is 1. The predicted octanol–water partition coefficient (Wildman–Crippen LogP) is 3.83. The van der Waals surface area contributed by atoms with Crippen LogP contribution in [-0.4, -0.2) is 0 Å². The van der Waals surface area contributed by atoms with Crippen molar-refractivity contribution in [3.05, 3.63) is 45.8 Å². The summed E-state index contributed by atoms with van der Waals surface area (Å²) in [4.78, 5) is 12.3. The molecule has 17 heavy (non-hydrogen) atoms. The molecular formula is C15H18O2. The SMILES string of the molecule is CCCCCc1c(C)oc2ccccc2c1=O. The number of rotatable bonds is 4. The number of fused-ring (bicyclic) bond motifs is 1. The first kappa shape index (κ1) is 11.9. The number of hydrogen-bond donors (Lipinski definition) is 0. The van der Waals surface area contributed by atoms with E-state index in [0.717, 1.165) is 37.0 Å². The van der Waals surface area contributed by atoms with Gasteiger partial charge < -0.3 is 4.42 Å². The van der Waals surface area contributed by atoms with E-state index < -0.39 is 0 Å². The van der Waals surface area contributed by atoms with Crippen LogP contribution in [0.5, 0.6) is 0 Å². The second-order valence-corrected chi connectivity index (χ2v) is 4.42. The van der Waals surface area contributed by atoms with Crippen LogP contribution in [0.2, 0.25) is 0 Å². The summed E-state index contributed by atoms with van der Waals surface area (Å²) in [5.41, 5.74) is 1.67. The lowest BCUT2D eigenvalue weighted by atomic mass is 10.0. The Bertz CT molecular complexity index is 567. The van der Waals surface area contributed by atoms with Gasteiger partial charge in [0.15, 0.2) is 5.43 Å². The number of unbranched alkanes of at least 4 members (excludes halogenated alkanes) is 2. The number of benzene rings is 1.